The molecule has 11 heteroatoms. The second-order valence-corrected chi connectivity index (χ2v) is 12.0. The highest BCUT2D eigenvalue weighted by Crippen LogP contribution is 2.48. The Morgan fingerprint density at radius 1 is 1.20 bits per heavy atom. The number of benzene rings is 2. The highest BCUT2D eigenvalue weighted by atomic mass is 32.2. The van der Waals surface area contributed by atoms with Crippen LogP contribution in [-0.2, 0) is 9.59 Å². The molecular weight excluding hydrogens is 548 g/mol. The van der Waals surface area contributed by atoms with Gasteiger partial charge >= 0.3 is 6.03 Å². The molecule has 0 bridgehead atoms. The molecule has 4 heterocycles. The van der Waals surface area contributed by atoms with E-state index in [4.69, 9.17) is 0 Å². The number of thioether (sulfide) groups is 1. The smallest absolute Gasteiger partial charge is 0.326 e. The minimum Gasteiger partial charge on any atom is -0.347 e. The molecule has 3 unspecified atom stereocenters. The van der Waals surface area contributed by atoms with Crippen LogP contribution in [0.2, 0.25) is 0 Å². The van der Waals surface area contributed by atoms with E-state index in [1.165, 1.54) is 30.0 Å². The molecule has 8 nitrogen and oxygen atoms in total. The van der Waals surface area contributed by atoms with Crippen molar-refractivity contribution in [3.63, 3.8) is 0 Å². The minimum atomic E-state index is -0.935. The van der Waals surface area contributed by atoms with Crippen LogP contribution < -0.4 is 20.9 Å². The molecule has 4 amide bonds. The molecule has 0 spiro atoms. The van der Waals surface area contributed by atoms with E-state index in [0.29, 0.717) is 47.9 Å². The summed E-state index contributed by atoms with van der Waals surface area (Å²) in [7, 11) is 0. The molecule has 41 heavy (non-hydrogen) atoms. The summed E-state index contributed by atoms with van der Waals surface area (Å²) in [5.74, 6) is -2.44. The zero-order valence-electron chi connectivity index (χ0n) is 22.6. The molecular formula is C30H31F2N5O3S. The van der Waals surface area contributed by atoms with Gasteiger partial charge in [0.05, 0.1) is 16.3 Å². The molecule has 6 rings (SSSR count). The number of halogens is 2. The van der Waals surface area contributed by atoms with E-state index in [9.17, 15) is 23.2 Å². The highest BCUT2D eigenvalue weighted by molar-refractivity contribution is 8.04. The van der Waals surface area contributed by atoms with Crippen molar-refractivity contribution in [1.29, 1.82) is 0 Å². The Hall–Kier alpha value is -3.70. The Balaban J connectivity index is 1.29. The number of aryl methyl sites for hydroxylation is 1. The predicted octanol–water partition coefficient (Wildman–Crippen LogP) is 4.03. The zero-order chi connectivity index (χ0) is 28.8. The normalized spacial score (nSPS) is 25.5. The first-order valence-corrected chi connectivity index (χ1v) is 14.7. The molecule has 214 valence electrons. The van der Waals surface area contributed by atoms with Gasteiger partial charge in [0.1, 0.15) is 0 Å². The van der Waals surface area contributed by atoms with Gasteiger partial charge in [0.25, 0.3) is 5.91 Å². The Kier molecular flexibility index (Phi) is 7.33. The monoisotopic (exact) mass is 579 g/mol. The predicted molar refractivity (Wildman–Crippen MR) is 154 cm³/mol. The quantitative estimate of drug-likeness (QED) is 0.466. The van der Waals surface area contributed by atoms with Gasteiger partial charge in [-0.15, -0.1) is 0 Å². The molecule has 0 aromatic heterocycles. The number of hydrogen-bond acceptors (Lipinski definition) is 5. The van der Waals surface area contributed by atoms with Gasteiger partial charge < -0.3 is 20.9 Å². The van der Waals surface area contributed by atoms with Crippen LogP contribution in [0, 0.1) is 24.5 Å². The van der Waals surface area contributed by atoms with Crippen molar-refractivity contribution in [2.24, 2.45) is 5.92 Å². The summed E-state index contributed by atoms with van der Waals surface area (Å²) in [6.07, 6.45) is 3.48. The lowest BCUT2D eigenvalue weighted by Gasteiger charge is -2.46. The molecule has 4 aliphatic rings. The van der Waals surface area contributed by atoms with Gasteiger partial charge in [-0.1, -0.05) is 42.6 Å². The maximum absolute atomic E-state index is 14.6. The lowest BCUT2D eigenvalue weighted by Crippen LogP contribution is -2.62. The van der Waals surface area contributed by atoms with E-state index in [-0.39, 0.29) is 46.8 Å². The third-order valence-corrected chi connectivity index (χ3v) is 9.68. The fraction of sp³-hybridized carbons (Fsp3) is 0.367. The topological polar surface area (TPSA) is 93.8 Å². The van der Waals surface area contributed by atoms with E-state index in [0.717, 1.165) is 24.5 Å². The zero-order valence-corrected chi connectivity index (χ0v) is 23.4. The van der Waals surface area contributed by atoms with Crippen LogP contribution in [0.4, 0.5) is 19.3 Å². The average molecular weight is 580 g/mol. The number of likely N-dealkylation sites (tertiary alicyclic amines) is 1. The highest BCUT2D eigenvalue weighted by Gasteiger charge is 2.52. The lowest BCUT2D eigenvalue weighted by molar-refractivity contribution is -0.128. The Labute approximate surface area is 241 Å². The van der Waals surface area contributed by atoms with Crippen molar-refractivity contribution in [2.75, 3.05) is 24.5 Å². The number of anilines is 1. The third-order valence-electron chi connectivity index (χ3n) is 8.32. The molecule has 2 aromatic rings. The van der Waals surface area contributed by atoms with Gasteiger partial charge in [-0.25, -0.2) is 13.6 Å². The molecule has 3 N–H and O–H groups in total. The number of nitrogens with one attached hydrogen (secondary N) is 3. The van der Waals surface area contributed by atoms with Gasteiger partial charge in [0, 0.05) is 42.0 Å². The van der Waals surface area contributed by atoms with E-state index < -0.39 is 11.6 Å². The summed E-state index contributed by atoms with van der Waals surface area (Å²) < 4.78 is 28.6. The van der Waals surface area contributed by atoms with Crippen LogP contribution in [0.25, 0.3) is 11.1 Å². The van der Waals surface area contributed by atoms with E-state index >= 15 is 0 Å². The number of nitrogens with zero attached hydrogens (tertiary/aromatic N) is 2. The minimum absolute atomic E-state index is 0.109. The number of carbonyl (C=O) groups excluding carboxylic acids is 3. The molecule has 4 aliphatic heterocycles. The number of carbonyl (C=O) groups is 3. The van der Waals surface area contributed by atoms with Crippen LogP contribution in [-0.4, -0.2) is 59.8 Å². The summed E-state index contributed by atoms with van der Waals surface area (Å²) >= 11 is 1.41. The van der Waals surface area contributed by atoms with E-state index in [2.05, 4.69) is 22.5 Å². The number of piperidine rings is 2. The number of amides is 4. The van der Waals surface area contributed by atoms with Gasteiger partial charge in [0.2, 0.25) is 5.91 Å². The van der Waals surface area contributed by atoms with Gasteiger partial charge in [-0.3, -0.25) is 14.5 Å². The second kappa shape index (κ2) is 10.9. The standard InChI is InChI=1S/C30H31F2N5O3S/c1-3-23(38)36-13-5-6-18(15-36)34-28(39)27-26-24-21(11-12-33-29(24)41-27)37(30(40)35-26)22-14-17(10-9-16(22)2)19-7-4-8-20(31)25(19)32/h3-4,7-10,14,18,21,24,29,33H,1,5-6,11-13,15H2,2H3,(H,34,39)(H,35,40)/t18-,21?,24?,29?/m1/s1. The summed E-state index contributed by atoms with van der Waals surface area (Å²) in [6.45, 7) is 7.14. The molecule has 3 fully saturated rings. The molecule has 0 radical (unpaired) electrons. The molecule has 0 saturated carbocycles. The first-order valence-electron chi connectivity index (χ1n) is 13.8. The van der Waals surface area contributed by atoms with E-state index in [1.54, 1.807) is 28.0 Å². The third kappa shape index (κ3) is 4.91. The second-order valence-electron chi connectivity index (χ2n) is 10.8. The van der Waals surface area contributed by atoms with Crippen LogP contribution in [0.15, 0.2) is 59.7 Å². The number of rotatable bonds is 5. The SMILES string of the molecule is C=CC(=O)N1CCC[C@@H](NC(=O)C2=C3NC(=O)N(c4cc(-c5cccc(F)c5F)ccc4C)C4CCNC(S2)C34)C1. The van der Waals surface area contributed by atoms with Crippen molar-refractivity contribution in [3.05, 3.63) is 76.9 Å². The Morgan fingerprint density at radius 2 is 2.02 bits per heavy atom. The fourth-order valence-corrected chi connectivity index (χ4v) is 7.74. The van der Waals surface area contributed by atoms with Crippen LogP contribution in [0.5, 0.6) is 0 Å². The first kappa shape index (κ1) is 27.5. The largest absolute Gasteiger partial charge is 0.347 e. The number of urea groups is 1. The summed E-state index contributed by atoms with van der Waals surface area (Å²) in [5.41, 5.74) is 2.64. The fourth-order valence-electron chi connectivity index (χ4n) is 6.34. The summed E-state index contributed by atoms with van der Waals surface area (Å²) in [5, 5.41) is 9.46. The van der Waals surface area contributed by atoms with Crippen molar-refractivity contribution >= 4 is 35.3 Å². The van der Waals surface area contributed by atoms with Gasteiger partial charge in [-0.05, 0) is 62.1 Å². The van der Waals surface area contributed by atoms with Crippen molar-refractivity contribution in [1.82, 2.24) is 20.9 Å². The molecule has 2 aromatic carbocycles. The molecule has 0 aliphatic carbocycles. The maximum atomic E-state index is 14.6. The first-order chi connectivity index (χ1) is 19.8. The Morgan fingerprint density at radius 3 is 2.83 bits per heavy atom. The van der Waals surface area contributed by atoms with Crippen molar-refractivity contribution in [3.8, 4) is 11.1 Å². The summed E-state index contributed by atoms with van der Waals surface area (Å²) in [4.78, 5) is 43.2. The Bertz CT molecular complexity index is 1480. The summed E-state index contributed by atoms with van der Waals surface area (Å²) in [6, 6.07) is 8.52. The van der Waals surface area contributed by atoms with Crippen LogP contribution >= 0.6 is 11.8 Å². The average Bonchev–Trinajstić information content (AvgIpc) is 3.34. The molecule has 3 saturated heterocycles. The number of hydrogen-bond donors (Lipinski definition) is 3. The molecule has 4 atom stereocenters. The van der Waals surface area contributed by atoms with Crippen LogP contribution in [0.1, 0.15) is 24.8 Å². The van der Waals surface area contributed by atoms with E-state index in [1.807, 2.05) is 6.92 Å². The van der Waals surface area contributed by atoms with Gasteiger partial charge in [0.15, 0.2) is 11.6 Å². The van der Waals surface area contributed by atoms with Gasteiger partial charge in [-0.2, -0.15) is 0 Å². The maximum Gasteiger partial charge on any atom is 0.326 e. The van der Waals surface area contributed by atoms with Crippen molar-refractivity contribution < 1.29 is 23.2 Å². The van der Waals surface area contributed by atoms with Crippen LogP contribution in [0.3, 0.4) is 0 Å². The van der Waals surface area contributed by atoms with Crippen molar-refractivity contribution in [2.45, 2.75) is 43.6 Å². The lowest BCUT2D eigenvalue weighted by atomic mass is 9.86.